The zero-order chi connectivity index (χ0) is 21.7. The maximum atomic E-state index is 12.6. The van der Waals surface area contributed by atoms with Crippen LogP contribution in [-0.2, 0) is 11.3 Å². The number of carbonyl (C=O) groups is 1. The Labute approximate surface area is 179 Å². The maximum absolute atomic E-state index is 12.6. The van der Waals surface area contributed by atoms with E-state index in [4.69, 9.17) is 30.3 Å². The number of para-hydroxylation sites is 1. The van der Waals surface area contributed by atoms with Crippen LogP contribution in [-0.4, -0.2) is 48.3 Å². The summed E-state index contributed by atoms with van der Waals surface area (Å²) in [4.78, 5) is 18.5. The van der Waals surface area contributed by atoms with Crippen molar-refractivity contribution in [2.75, 3.05) is 21.3 Å². The highest BCUT2D eigenvalue weighted by Crippen LogP contribution is 2.31. The van der Waals surface area contributed by atoms with Gasteiger partial charge in [0.15, 0.2) is 6.10 Å². The molecule has 1 aromatic heterocycles. The van der Waals surface area contributed by atoms with Gasteiger partial charge >= 0.3 is 0 Å². The number of hydrogen-bond acceptors (Lipinski definition) is 7. The summed E-state index contributed by atoms with van der Waals surface area (Å²) in [7, 11) is 4.75. The van der Waals surface area contributed by atoms with Gasteiger partial charge in [-0.25, -0.2) is 0 Å². The van der Waals surface area contributed by atoms with Crippen molar-refractivity contribution in [3.05, 3.63) is 53.4 Å². The van der Waals surface area contributed by atoms with Gasteiger partial charge in [-0.05, 0) is 31.2 Å². The van der Waals surface area contributed by atoms with Crippen molar-refractivity contribution < 1.29 is 23.5 Å². The molecule has 0 fully saturated rings. The van der Waals surface area contributed by atoms with Crippen molar-refractivity contribution in [3.8, 4) is 28.6 Å². The Bertz CT molecular complexity index is 1020. The first-order valence-electron chi connectivity index (χ1n) is 9.14. The quantitative estimate of drug-likeness (QED) is 0.535. The zero-order valence-electron chi connectivity index (χ0n) is 17.1. The molecular weight excluding hydrogens is 410 g/mol. The average molecular weight is 432 g/mol. The summed E-state index contributed by atoms with van der Waals surface area (Å²) >= 11 is 6.09. The summed E-state index contributed by atoms with van der Waals surface area (Å²) in [6.07, 6.45) is -0.737. The van der Waals surface area contributed by atoms with Crippen LogP contribution in [0.1, 0.15) is 12.8 Å². The van der Waals surface area contributed by atoms with Crippen LogP contribution in [0, 0.1) is 0 Å². The normalized spacial score (nSPS) is 11.6. The number of aromatic nitrogens is 2. The molecule has 0 N–H and O–H groups in total. The number of likely N-dealkylation sites (N-methyl/N-ethyl adjacent to an activating group) is 1. The number of amides is 1. The van der Waals surface area contributed by atoms with E-state index in [2.05, 4.69) is 10.1 Å². The van der Waals surface area contributed by atoms with E-state index in [9.17, 15) is 4.79 Å². The Morgan fingerprint density at radius 1 is 1.17 bits per heavy atom. The van der Waals surface area contributed by atoms with E-state index in [0.29, 0.717) is 33.7 Å². The Hall–Kier alpha value is -3.26. The molecule has 2 aromatic carbocycles. The number of benzene rings is 2. The predicted octanol–water partition coefficient (Wildman–Crippen LogP) is 3.83. The van der Waals surface area contributed by atoms with E-state index in [1.54, 1.807) is 70.7 Å². The fourth-order valence-corrected chi connectivity index (χ4v) is 2.96. The number of hydrogen-bond donors (Lipinski definition) is 0. The average Bonchev–Trinajstić information content (AvgIpc) is 3.22. The predicted molar refractivity (Wildman–Crippen MR) is 111 cm³/mol. The number of rotatable bonds is 8. The molecule has 0 radical (unpaired) electrons. The van der Waals surface area contributed by atoms with Crippen molar-refractivity contribution in [1.29, 1.82) is 0 Å². The number of methoxy groups -OCH3 is 2. The second-order valence-electron chi connectivity index (χ2n) is 6.46. The van der Waals surface area contributed by atoms with Crippen LogP contribution >= 0.6 is 11.6 Å². The minimum absolute atomic E-state index is 0.126. The molecule has 0 aliphatic heterocycles. The topological polar surface area (TPSA) is 86.9 Å². The van der Waals surface area contributed by atoms with Crippen molar-refractivity contribution in [2.45, 2.75) is 19.6 Å². The highest BCUT2D eigenvalue weighted by molar-refractivity contribution is 6.32. The van der Waals surface area contributed by atoms with Gasteiger partial charge in [-0.15, -0.1) is 0 Å². The molecule has 3 aromatic rings. The van der Waals surface area contributed by atoms with Crippen LogP contribution in [0.3, 0.4) is 0 Å². The van der Waals surface area contributed by atoms with Gasteiger partial charge in [0.25, 0.3) is 5.91 Å². The largest absolute Gasteiger partial charge is 0.497 e. The minimum atomic E-state index is -0.737. The summed E-state index contributed by atoms with van der Waals surface area (Å²) in [6, 6.07) is 12.3. The monoisotopic (exact) mass is 431 g/mol. The highest BCUT2D eigenvalue weighted by atomic mass is 35.5. The number of ether oxygens (including phenoxy) is 3. The fraction of sp³-hybridized carbons (Fsp3) is 0.286. The molecule has 1 heterocycles. The van der Waals surface area contributed by atoms with Gasteiger partial charge in [0.2, 0.25) is 11.7 Å². The van der Waals surface area contributed by atoms with E-state index in [-0.39, 0.29) is 18.3 Å². The standard InChI is InChI=1S/C21H22ClN3O5/c1-13(29-17-8-6-5-7-16(17)22)21(26)25(2)12-19-23-20(24-30-19)15-10-9-14(27-3)11-18(15)28-4/h5-11,13H,12H2,1-4H3. The van der Waals surface area contributed by atoms with Crippen LogP contribution < -0.4 is 14.2 Å². The lowest BCUT2D eigenvalue weighted by Crippen LogP contribution is -2.37. The van der Waals surface area contributed by atoms with Crippen molar-refractivity contribution in [3.63, 3.8) is 0 Å². The SMILES string of the molecule is COc1ccc(-c2noc(CN(C)C(=O)C(C)Oc3ccccc3Cl)n2)c(OC)c1. The van der Waals surface area contributed by atoms with Crippen LogP contribution in [0.4, 0.5) is 0 Å². The number of halogens is 1. The summed E-state index contributed by atoms with van der Waals surface area (Å²) < 4.78 is 21.6. The van der Waals surface area contributed by atoms with Crippen LogP contribution in [0.2, 0.25) is 5.02 Å². The molecule has 158 valence electrons. The third-order valence-corrected chi connectivity index (χ3v) is 4.67. The van der Waals surface area contributed by atoms with Gasteiger partial charge in [0, 0.05) is 13.1 Å². The van der Waals surface area contributed by atoms with E-state index >= 15 is 0 Å². The third kappa shape index (κ3) is 4.83. The van der Waals surface area contributed by atoms with Crippen LogP contribution in [0.25, 0.3) is 11.4 Å². The van der Waals surface area contributed by atoms with Crippen molar-refractivity contribution in [1.82, 2.24) is 15.0 Å². The summed E-state index contributed by atoms with van der Waals surface area (Å²) in [5.41, 5.74) is 0.651. The molecule has 0 bridgehead atoms. The van der Waals surface area contributed by atoms with Gasteiger partial charge in [0.05, 0.1) is 31.4 Å². The molecule has 0 saturated carbocycles. The Morgan fingerprint density at radius 2 is 1.93 bits per heavy atom. The Morgan fingerprint density at radius 3 is 2.63 bits per heavy atom. The molecule has 0 aliphatic rings. The lowest BCUT2D eigenvalue weighted by Gasteiger charge is -2.21. The summed E-state index contributed by atoms with van der Waals surface area (Å²) in [5, 5.41) is 4.43. The van der Waals surface area contributed by atoms with Gasteiger partial charge in [-0.3, -0.25) is 4.79 Å². The number of carbonyl (C=O) groups excluding carboxylic acids is 1. The first-order chi connectivity index (χ1) is 14.4. The van der Waals surface area contributed by atoms with Crippen LogP contribution in [0.5, 0.6) is 17.2 Å². The van der Waals surface area contributed by atoms with Crippen molar-refractivity contribution in [2.24, 2.45) is 0 Å². The molecule has 1 unspecified atom stereocenters. The van der Waals surface area contributed by atoms with E-state index in [0.717, 1.165) is 0 Å². The Kier molecular flexibility index (Phi) is 6.79. The number of nitrogens with zero attached hydrogens (tertiary/aromatic N) is 3. The molecule has 0 saturated heterocycles. The first kappa shape index (κ1) is 21.4. The molecule has 9 heteroatoms. The smallest absolute Gasteiger partial charge is 0.263 e. The molecular formula is C21H22ClN3O5. The second-order valence-corrected chi connectivity index (χ2v) is 6.87. The van der Waals surface area contributed by atoms with Gasteiger partial charge in [0.1, 0.15) is 17.2 Å². The first-order valence-corrected chi connectivity index (χ1v) is 9.52. The second kappa shape index (κ2) is 9.49. The fourth-order valence-electron chi connectivity index (χ4n) is 2.78. The van der Waals surface area contributed by atoms with Crippen molar-refractivity contribution >= 4 is 17.5 Å². The third-order valence-electron chi connectivity index (χ3n) is 4.35. The van der Waals surface area contributed by atoms with E-state index < -0.39 is 6.10 Å². The summed E-state index contributed by atoms with van der Waals surface area (Å²) in [6.45, 7) is 1.78. The van der Waals surface area contributed by atoms with Gasteiger partial charge in [-0.2, -0.15) is 4.98 Å². The Balaban J connectivity index is 1.68. The zero-order valence-corrected chi connectivity index (χ0v) is 17.8. The molecule has 8 nitrogen and oxygen atoms in total. The summed E-state index contributed by atoms with van der Waals surface area (Å²) in [5.74, 6) is 2.02. The van der Waals surface area contributed by atoms with Gasteiger partial charge < -0.3 is 23.6 Å². The highest BCUT2D eigenvalue weighted by Gasteiger charge is 2.22. The van der Waals surface area contributed by atoms with Gasteiger partial charge in [-0.1, -0.05) is 28.9 Å². The molecule has 0 spiro atoms. The molecule has 0 aliphatic carbocycles. The van der Waals surface area contributed by atoms with E-state index in [1.165, 1.54) is 4.90 Å². The lowest BCUT2D eigenvalue weighted by atomic mass is 10.2. The maximum Gasteiger partial charge on any atom is 0.263 e. The minimum Gasteiger partial charge on any atom is -0.497 e. The molecule has 3 rings (SSSR count). The molecule has 30 heavy (non-hydrogen) atoms. The molecule has 1 atom stereocenters. The lowest BCUT2D eigenvalue weighted by molar-refractivity contribution is -0.137. The van der Waals surface area contributed by atoms with Crippen LogP contribution in [0.15, 0.2) is 47.0 Å². The molecule has 1 amide bonds. The van der Waals surface area contributed by atoms with E-state index in [1.807, 2.05) is 0 Å².